The zero-order valence-electron chi connectivity index (χ0n) is 12.0. The minimum atomic E-state index is 0.611. The lowest BCUT2D eigenvalue weighted by molar-refractivity contribution is 0.324. The average molecular weight is 261 g/mol. The van der Waals surface area contributed by atoms with E-state index < -0.39 is 0 Å². The van der Waals surface area contributed by atoms with Crippen molar-refractivity contribution in [3.05, 3.63) is 30.0 Å². The summed E-state index contributed by atoms with van der Waals surface area (Å²) in [5, 5.41) is 0. The van der Waals surface area contributed by atoms with Gasteiger partial charge >= 0.3 is 0 Å². The summed E-state index contributed by atoms with van der Waals surface area (Å²) in [6.07, 6.45) is 0. The Hall–Kier alpha value is -2.10. The van der Waals surface area contributed by atoms with E-state index in [-0.39, 0.29) is 0 Å². The Bertz CT molecular complexity index is 562. The first-order valence-corrected chi connectivity index (χ1v) is 6.05. The van der Waals surface area contributed by atoms with Crippen LogP contribution in [0.4, 0.5) is 0 Å². The van der Waals surface area contributed by atoms with Crippen LogP contribution in [0.2, 0.25) is 0 Å². The monoisotopic (exact) mass is 261 g/mol. The minimum absolute atomic E-state index is 0.611. The van der Waals surface area contributed by atoms with Crippen molar-refractivity contribution in [3.63, 3.8) is 0 Å². The molecule has 0 aliphatic rings. The summed E-state index contributed by atoms with van der Waals surface area (Å²) < 4.78 is 18.2. The standard InChI is InChI=1S/C15H19NO3/c1-10-6-7-12(16(10)2)11-8-13(17-3)15(19-5)14(9-11)18-4/h6-9H,1-5H3. The summed E-state index contributed by atoms with van der Waals surface area (Å²) in [6.45, 7) is 2.07. The van der Waals surface area contributed by atoms with Gasteiger partial charge in [-0.1, -0.05) is 0 Å². The molecule has 4 nitrogen and oxygen atoms in total. The maximum absolute atomic E-state index is 5.37. The lowest BCUT2D eigenvalue weighted by Gasteiger charge is -2.14. The van der Waals surface area contributed by atoms with Crippen LogP contribution >= 0.6 is 0 Å². The normalized spacial score (nSPS) is 10.4. The smallest absolute Gasteiger partial charge is 0.203 e. The van der Waals surface area contributed by atoms with Gasteiger partial charge in [0.25, 0.3) is 0 Å². The second-order valence-electron chi connectivity index (χ2n) is 4.33. The highest BCUT2D eigenvalue weighted by Crippen LogP contribution is 2.41. The maximum Gasteiger partial charge on any atom is 0.203 e. The second-order valence-corrected chi connectivity index (χ2v) is 4.33. The molecule has 0 atom stereocenters. The quantitative estimate of drug-likeness (QED) is 0.848. The predicted octanol–water partition coefficient (Wildman–Crippen LogP) is 3.03. The Balaban J connectivity index is 2.62. The van der Waals surface area contributed by atoms with Crippen molar-refractivity contribution in [2.75, 3.05) is 21.3 Å². The zero-order chi connectivity index (χ0) is 14.0. The summed E-state index contributed by atoms with van der Waals surface area (Å²) >= 11 is 0. The average Bonchev–Trinajstić information content (AvgIpc) is 2.77. The highest BCUT2D eigenvalue weighted by atomic mass is 16.5. The van der Waals surface area contributed by atoms with Crippen LogP contribution < -0.4 is 14.2 Å². The van der Waals surface area contributed by atoms with Crippen LogP contribution in [0, 0.1) is 6.92 Å². The fourth-order valence-electron chi connectivity index (χ4n) is 2.13. The molecule has 102 valence electrons. The molecular weight excluding hydrogens is 242 g/mol. The Kier molecular flexibility index (Phi) is 3.69. The van der Waals surface area contributed by atoms with Crippen LogP contribution in [0.3, 0.4) is 0 Å². The van der Waals surface area contributed by atoms with E-state index in [2.05, 4.69) is 23.6 Å². The number of rotatable bonds is 4. The molecule has 0 amide bonds. The van der Waals surface area contributed by atoms with Crippen molar-refractivity contribution in [3.8, 4) is 28.5 Å². The topological polar surface area (TPSA) is 32.6 Å². The number of ether oxygens (including phenoxy) is 3. The van der Waals surface area contributed by atoms with Crippen LogP contribution in [-0.4, -0.2) is 25.9 Å². The summed E-state index contributed by atoms with van der Waals surface area (Å²) in [6, 6.07) is 8.07. The van der Waals surface area contributed by atoms with Crippen molar-refractivity contribution in [2.24, 2.45) is 7.05 Å². The van der Waals surface area contributed by atoms with Gasteiger partial charge in [-0.05, 0) is 31.2 Å². The fourth-order valence-corrected chi connectivity index (χ4v) is 2.13. The molecule has 0 spiro atoms. The van der Waals surface area contributed by atoms with E-state index in [9.17, 15) is 0 Å². The van der Waals surface area contributed by atoms with Crippen molar-refractivity contribution in [1.29, 1.82) is 0 Å². The van der Waals surface area contributed by atoms with Crippen molar-refractivity contribution in [2.45, 2.75) is 6.92 Å². The number of nitrogens with zero attached hydrogens (tertiary/aromatic N) is 1. The largest absolute Gasteiger partial charge is 0.493 e. The molecule has 1 aromatic heterocycles. The molecular formula is C15H19NO3. The van der Waals surface area contributed by atoms with Gasteiger partial charge < -0.3 is 18.8 Å². The van der Waals surface area contributed by atoms with Crippen molar-refractivity contribution < 1.29 is 14.2 Å². The van der Waals surface area contributed by atoms with E-state index in [1.165, 1.54) is 5.69 Å². The molecule has 19 heavy (non-hydrogen) atoms. The summed E-state index contributed by atoms with van der Waals surface area (Å²) in [5.41, 5.74) is 3.34. The molecule has 0 N–H and O–H groups in total. The van der Waals surface area contributed by atoms with E-state index in [4.69, 9.17) is 14.2 Å². The van der Waals surface area contributed by atoms with Crippen LogP contribution in [0.1, 0.15) is 5.69 Å². The Morgan fingerprint density at radius 3 is 1.84 bits per heavy atom. The number of benzene rings is 1. The van der Waals surface area contributed by atoms with Gasteiger partial charge in [-0.2, -0.15) is 0 Å². The number of hydrogen-bond donors (Lipinski definition) is 0. The van der Waals surface area contributed by atoms with Gasteiger partial charge in [0, 0.05) is 24.0 Å². The first-order valence-electron chi connectivity index (χ1n) is 6.05. The van der Waals surface area contributed by atoms with E-state index in [0.29, 0.717) is 17.2 Å². The summed E-state index contributed by atoms with van der Waals surface area (Å²) in [5.74, 6) is 1.94. The van der Waals surface area contributed by atoms with Gasteiger partial charge in [0.1, 0.15) is 0 Å². The highest BCUT2D eigenvalue weighted by molar-refractivity contribution is 5.69. The third kappa shape index (κ3) is 2.26. The lowest BCUT2D eigenvalue weighted by atomic mass is 10.1. The molecule has 2 rings (SSSR count). The number of aryl methyl sites for hydroxylation is 1. The first-order chi connectivity index (χ1) is 9.12. The first kappa shape index (κ1) is 13.3. The molecule has 0 unspecified atom stereocenters. The van der Waals surface area contributed by atoms with Crippen LogP contribution in [0.15, 0.2) is 24.3 Å². The van der Waals surface area contributed by atoms with Gasteiger partial charge in [-0.3, -0.25) is 0 Å². The Morgan fingerprint density at radius 1 is 0.895 bits per heavy atom. The van der Waals surface area contributed by atoms with Gasteiger partial charge in [-0.25, -0.2) is 0 Å². The molecule has 0 saturated heterocycles. The Labute approximate surface area is 113 Å². The van der Waals surface area contributed by atoms with Gasteiger partial charge in [0.15, 0.2) is 11.5 Å². The molecule has 0 radical (unpaired) electrons. The number of aromatic nitrogens is 1. The molecule has 0 aliphatic heterocycles. The molecule has 0 aliphatic carbocycles. The van der Waals surface area contributed by atoms with E-state index in [1.54, 1.807) is 21.3 Å². The number of methoxy groups -OCH3 is 3. The molecule has 1 aromatic carbocycles. The highest BCUT2D eigenvalue weighted by Gasteiger charge is 2.15. The Morgan fingerprint density at radius 2 is 1.47 bits per heavy atom. The second kappa shape index (κ2) is 5.26. The molecule has 1 heterocycles. The zero-order valence-corrected chi connectivity index (χ0v) is 12.0. The van der Waals surface area contributed by atoms with E-state index in [1.807, 2.05) is 19.2 Å². The van der Waals surface area contributed by atoms with Crippen LogP contribution in [-0.2, 0) is 7.05 Å². The van der Waals surface area contributed by atoms with E-state index in [0.717, 1.165) is 11.3 Å². The third-order valence-electron chi connectivity index (χ3n) is 3.33. The SMILES string of the molecule is COc1cc(-c2ccc(C)n2C)cc(OC)c1OC. The summed E-state index contributed by atoms with van der Waals surface area (Å²) in [4.78, 5) is 0. The van der Waals surface area contributed by atoms with E-state index >= 15 is 0 Å². The maximum atomic E-state index is 5.37. The van der Waals surface area contributed by atoms with Gasteiger partial charge in [-0.15, -0.1) is 0 Å². The van der Waals surface area contributed by atoms with Crippen molar-refractivity contribution in [1.82, 2.24) is 4.57 Å². The van der Waals surface area contributed by atoms with Crippen LogP contribution in [0.25, 0.3) is 11.3 Å². The van der Waals surface area contributed by atoms with Crippen LogP contribution in [0.5, 0.6) is 17.2 Å². The molecule has 0 fully saturated rings. The minimum Gasteiger partial charge on any atom is -0.493 e. The summed E-state index contributed by atoms with van der Waals surface area (Å²) in [7, 11) is 6.88. The third-order valence-corrected chi connectivity index (χ3v) is 3.33. The molecule has 4 heteroatoms. The molecule has 0 saturated carbocycles. The van der Waals surface area contributed by atoms with Gasteiger partial charge in [0.05, 0.1) is 21.3 Å². The predicted molar refractivity (Wildman–Crippen MR) is 75.2 cm³/mol. The fraction of sp³-hybridized carbons (Fsp3) is 0.333. The lowest BCUT2D eigenvalue weighted by Crippen LogP contribution is -1.98. The molecule has 2 aromatic rings. The van der Waals surface area contributed by atoms with Crippen molar-refractivity contribution >= 4 is 0 Å². The molecule has 0 bridgehead atoms. The number of hydrogen-bond acceptors (Lipinski definition) is 3. The van der Waals surface area contributed by atoms with Gasteiger partial charge in [0.2, 0.25) is 5.75 Å².